The van der Waals surface area contributed by atoms with Crippen LogP contribution in [0.1, 0.15) is 37.0 Å². The van der Waals surface area contributed by atoms with E-state index in [1.54, 1.807) is 12.3 Å². The van der Waals surface area contributed by atoms with Crippen LogP contribution in [0.2, 0.25) is 0 Å². The zero-order valence-electron chi connectivity index (χ0n) is 13.4. The average molecular weight is 336 g/mol. The summed E-state index contributed by atoms with van der Waals surface area (Å²) in [6.07, 6.45) is 4.01. The van der Waals surface area contributed by atoms with Crippen molar-refractivity contribution in [1.82, 2.24) is 15.4 Å². The highest BCUT2D eigenvalue weighted by atomic mass is 35.5. The maximum absolute atomic E-state index is 12.7. The number of fused-ring (bicyclic) bond motifs is 4. The van der Waals surface area contributed by atoms with Gasteiger partial charge in [-0.05, 0) is 63.9 Å². The van der Waals surface area contributed by atoms with E-state index in [1.807, 2.05) is 12.1 Å². The number of rotatable bonds is 2. The van der Waals surface area contributed by atoms with Crippen LogP contribution in [-0.2, 0) is 0 Å². The zero-order chi connectivity index (χ0) is 15.3. The van der Waals surface area contributed by atoms with Gasteiger partial charge in [0.2, 0.25) is 0 Å². The number of piperidine rings is 3. The Balaban J connectivity index is 0.00000156. The van der Waals surface area contributed by atoms with Crippen LogP contribution in [-0.4, -0.2) is 40.6 Å². The third kappa shape index (κ3) is 2.62. The summed E-state index contributed by atoms with van der Waals surface area (Å²) in [6.45, 7) is 6.77. The van der Waals surface area contributed by atoms with Crippen LogP contribution in [0.3, 0.4) is 0 Å². The Labute approximate surface area is 141 Å². The molecular formula is C17H22ClN3O2. The molecule has 3 aliphatic heterocycles. The van der Waals surface area contributed by atoms with E-state index in [4.69, 9.17) is 4.52 Å². The van der Waals surface area contributed by atoms with Crippen LogP contribution in [0.4, 0.5) is 0 Å². The first-order valence-electron chi connectivity index (χ1n) is 7.96. The smallest absolute Gasteiger partial charge is 0.251 e. The number of hydrogen-bond acceptors (Lipinski definition) is 4. The molecule has 3 aliphatic rings. The predicted molar refractivity (Wildman–Crippen MR) is 90.9 cm³/mol. The Morgan fingerprint density at radius 1 is 1.35 bits per heavy atom. The number of hydrogen-bond donors (Lipinski definition) is 1. The third-order valence-corrected chi connectivity index (χ3v) is 5.49. The molecule has 0 saturated carbocycles. The molecule has 6 heteroatoms. The van der Waals surface area contributed by atoms with Gasteiger partial charge in [0.15, 0.2) is 5.58 Å². The van der Waals surface area contributed by atoms with Gasteiger partial charge in [-0.25, -0.2) is 0 Å². The van der Waals surface area contributed by atoms with Crippen LogP contribution < -0.4 is 5.32 Å². The summed E-state index contributed by atoms with van der Waals surface area (Å²) in [7, 11) is 0. The lowest BCUT2D eigenvalue weighted by atomic mass is 9.72. The lowest BCUT2D eigenvalue weighted by Gasteiger charge is -2.56. The van der Waals surface area contributed by atoms with Gasteiger partial charge in [0.1, 0.15) is 0 Å². The first kappa shape index (κ1) is 16.3. The van der Waals surface area contributed by atoms with Crippen LogP contribution in [0.25, 0.3) is 11.0 Å². The Morgan fingerprint density at radius 3 is 2.78 bits per heavy atom. The van der Waals surface area contributed by atoms with Gasteiger partial charge in [0, 0.05) is 22.5 Å². The lowest BCUT2D eigenvalue weighted by Crippen LogP contribution is -2.69. The molecule has 1 amide bonds. The molecule has 5 nitrogen and oxygen atoms in total. The number of benzene rings is 1. The molecule has 0 aliphatic carbocycles. The molecule has 4 heterocycles. The fraction of sp³-hybridized carbons (Fsp3) is 0.529. The summed E-state index contributed by atoms with van der Waals surface area (Å²) < 4.78 is 5.15. The molecule has 124 valence electrons. The number of halogens is 1. The molecule has 1 N–H and O–H groups in total. The van der Waals surface area contributed by atoms with Gasteiger partial charge < -0.3 is 9.84 Å². The fourth-order valence-corrected chi connectivity index (χ4v) is 4.10. The van der Waals surface area contributed by atoms with E-state index in [0.717, 1.165) is 18.5 Å². The molecule has 0 radical (unpaired) electrons. The van der Waals surface area contributed by atoms with E-state index in [9.17, 15) is 4.79 Å². The topological polar surface area (TPSA) is 58.4 Å². The van der Waals surface area contributed by atoms with Gasteiger partial charge in [-0.3, -0.25) is 9.69 Å². The van der Waals surface area contributed by atoms with Crippen molar-refractivity contribution in [3.8, 4) is 0 Å². The minimum absolute atomic E-state index is 0. The standard InChI is InChI=1S/C17H21N3O2.ClH/c1-17(2)15(11-5-7-20(17)8-6-11)19-16(21)12-3-4-13-10-18-22-14(13)9-12;/h3-4,9-11,15H,5-8H2,1-2H3,(H,19,21);1H/t15-;/m1./s1. The second kappa shape index (κ2) is 5.80. The van der Waals surface area contributed by atoms with Crippen LogP contribution in [0, 0.1) is 5.92 Å². The largest absolute Gasteiger partial charge is 0.356 e. The number of carbonyl (C=O) groups excluding carboxylic acids is 1. The van der Waals surface area contributed by atoms with E-state index >= 15 is 0 Å². The van der Waals surface area contributed by atoms with E-state index in [1.165, 1.54) is 12.8 Å². The molecule has 1 aromatic heterocycles. The summed E-state index contributed by atoms with van der Waals surface area (Å²) in [6, 6.07) is 5.69. The monoisotopic (exact) mass is 335 g/mol. The summed E-state index contributed by atoms with van der Waals surface area (Å²) in [5, 5.41) is 7.95. The van der Waals surface area contributed by atoms with Crippen molar-refractivity contribution in [2.45, 2.75) is 38.3 Å². The average Bonchev–Trinajstić information content (AvgIpc) is 2.98. The summed E-state index contributed by atoms with van der Waals surface area (Å²) in [5.41, 5.74) is 1.31. The molecule has 23 heavy (non-hydrogen) atoms. The van der Waals surface area contributed by atoms with Gasteiger partial charge in [0.25, 0.3) is 5.91 Å². The summed E-state index contributed by atoms with van der Waals surface area (Å²) >= 11 is 0. The lowest BCUT2D eigenvalue weighted by molar-refractivity contribution is -0.0378. The Hall–Kier alpha value is -1.59. The van der Waals surface area contributed by atoms with Crippen molar-refractivity contribution in [3.05, 3.63) is 30.0 Å². The van der Waals surface area contributed by atoms with Crippen LogP contribution in [0.15, 0.2) is 28.9 Å². The number of aromatic nitrogens is 1. The van der Waals surface area contributed by atoms with Crippen molar-refractivity contribution in [2.24, 2.45) is 5.92 Å². The van der Waals surface area contributed by atoms with Crippen LogP contribution in [0.5, 0.6) is 0 Å². The second-order valence-electron chi connectivity index (χ2n) is 7.01. The van der Waals surface area contributed by atoms with Crippen molar-refractivity contribution < 1.29 is 9.32 Å². The predicted octanol–water partition coefficient (Wildman–Crippen LogP) is 2.85. The molecule has 2 bridgehead atoms. The minimum Gasteiger partial charge on any atom is -0.356 e. The number of carbonyl (C=O) groups is 1. The summed E-state index contributed by atoms with van der Waals surface area (Å²) in [5.74, 6) is 0.558. The molecule has 1 aromatic carbocycles. The maximum Gasteiger partial charge on any atom is 0.251 e. The fourth-order valence-electron chi connectivity index (χ4n) is 4.10. The van der Waals surface area contributed by atoms with Crippen molar-refractivity contribution in [2.75, 3.05) is 13.1 Å². The van der Waals surface area contributed by atoms with Gasteiger partial charge in [-0.1, -0.05) is 5.16 Å². The van der Waals surface area contributed by atoms with Gasteiger partial charge in [-0.15, -0.1) is 12.4 Å². The highest BCUT2D eigenvalue weighted by Gasteiger charge is 2.48. The molecule has 2 aromatic rings. The third-order valence-electron chi connectivity index (χ3n) is 5.49. The van der Waals surface area contributed by atoms with Crippen molar-refractivity contribution in [3.63, 3.8) is 0 Å². The highest BCUT2D eigenvalue weighted by Crippen LogP contribution is 2.39. The van der Waals surface area contributed by atoms with E-state index in [0.29, 0.717) is 17.1 Å². The Morgan fingerprint density at radius 2 is 2.09 bits per heavy atom. The second-order valence-corrected chi connectivity index (χ2v) is 7.01. The SMILES string of the molecule is CC1(C)[C@H](NC(=O)c2ccc3cnoc3c2)C2CCN1CC2.Cl. The first-order valence-corrected chi connectivity index (χ1v) is 7.96. The molecule has 3 saturated heterocycles. The number of nitrogens with zero attached hydrogens (tertiary/aromatic N) is 2. The van der Waals surface area contributed by atoms with E-state index in [-0.39, 0.29) is 29.9 Å². The number of amides is 1. The first-order chi connectivity index (χ1) is 10.6. The normalized spacial score (nSPS) is 28.3. The molecule has 1 atom stereocenters. The number of nitrogens with one attached hydrogen (secondary N) is 1. The van der Waals surface area contributed by atoms with Gasteiger partial charge >= 0.3 is 0 Å². The molecule has 0 spiro atoms. The van der Waals surface area contributed by atoms with Crippen LogP contribution >= 0.6 is 12.4 Å². The summed E-state index contributed by atoms with van der Waals surface area (Å²) in [4.78, 5) is 15.1. The maximum atomic E-state index is 12.7. The minimum atomic E-state index is -0.0230. The highest BCUT2D eigenvalue weighted by molar-refractivity contribution is 5.97. The molecule has 0 unspecified atom stereocenters. The zero-order valence-corrected chi connectivity index (χ0v) is 14.2. The van der Waals surface area contributed by atoms with Gasteiger partial charge in [0.05, 0.1) is 6.20 Å². The molecule has 5 rings (SSSR count). The van der Waals surface area contributed by atoms with Gasteiger partial charge in [-0.2, -0.15) is 0 Å². The van der Waals surface area contributed by atoms with E-state index < -0.39 is 0 Å². The van der Waals surface area contributed by atoms with E-state index in [2.05, 4.69) is 29.2 Å². The molecular weight excluding hydrogens is 314 g/mol. The molecule has 3 fully saturated rings. The Bertz CT molecular complexity index is 719. The van der Waals surface area contributed by atoms with Crippen molar-refractivity contribution in [1.29, 1.82) is 0 Å². The quantitative estimate of drug-likeness (QED) is 0.916. The Kier molecular flexibility index (Phi) is 4.10. The van der Waals surface area contributed by atoms with Crippen molar-refractivity contribution >= 4 is 29.3 Å².